The van der Waals surface area contributed by atoms with Gasteiger partial charge in [0.05, 0.1) is 4.92 Å². The quantitative estimate of drug-likeness (QED) is 0.262. The predicted molar refractivity (Wildman–Crippen MR) is 141 cm³/mol. The lowest BCUT2D eigenvalue weighted by Crippen LogP contribution is -2.46. The lowest BCUT2D eigenvalue weighted by atomic mass is 10.2. The van der Waals surface area contributed by atoms with Crippen LogP contribution in [0.1, 0.15) is 60.8 Å². The van der Waals surface area contributed by atoms with E-state index in [0.717, 1.165) is 0 Å². The molecule has 0 bridgehead atoms. The number of ether oxygens (including phenoxy) is 1. The molecule has 0 aliphatic heterocycles. The molecular weight excluding hydrogens is 502 g/mol. The third kappa shape index (κ3) is 7.74. The first-order chi connectivity index (χ1) is 16.3. The number of hydrogen-bond acceptors (Lipinski definition) is 7. The molecule has 1 amide bonds. The van der Waals surface area contributed by atoms with Crippen molar-refractivity contribution in [1.29, 1.82) is 0 Å². The van der Waals surface area contributed by atoms with Crippen molar-refractivity contribution in [3.05, 3.63) is 34.4 Å². The Balaban J connectivity index is 2.30. The van der Waals surface area contributed by atoms with Crippen LogP contribution in [-0.2, 0) is 19.2 Å². The standard InChI is InChI=1S/C24H41N3O7SSi/c1-23(2,3)34-22(28)25-18-13-14-19(17-18)26(15-16-33-36(7,8)24(4,5)6)35(31,32)21-12-10-9-11-20(21)27(29)30/h9-12,18-19H,13-17H2,1-8H3,(H,25,28)/t18-,19+/m0/s1. The van der Waals surface area contributed by atoms with Crippen molar-refractivity contribution in [2.24, 2.45) is 0 Å². The summed E-state index contributed by atoms with van der Waals surface area (Å²) in [6, 6.07) is 4.66. The van der Waals surface area contributed by atoms with Gasteiger partial charge in [0.25, 0.3) is 5.69 Å². The van der Waals surface area contributed by atoms with Gasteiger partial charge in [-0.1, -0.05) is 32.9 Å². The van der Waals surface area contributed by atoms with Crippen LogP contribution >= 0.6 is 0 Å². The van der Waals surface area contributed by atoms with E-state index in [0.29, 0.717) is 19.3 Å². The number of amides is 1. The van der Waals surface area contributed by atoms with Crippen molar-refractivity contribution in [3.63, 3.8) is 0 Å². The highest BCUT2D eigenvalue weighted by molar-refractivity contribution is 7.89. The summed E-state index contributed by atoms with van der Waals surface area (Å²) in [5.74, 6) is 0. The summed E-state index contributed by atoms with van der Waals surface area (Å²) in [5.41, 5.74) is -1.11. The van der Waals surface area contributed by atoms with Gasteiger partial charge in [-0.2, -0.15) is 4.31 Å². The first-order valence-electron chi connectivity index (χ1n) is 12.2. The Morgan fingerprint density at radius 1 is 1.17 bits per heavy atom. The number of hydrogen-bond donors (Lipinski definition) is 1. The molecule has 0 heterocycles. The molecule has 0 radical (unpaired) electrons. The molecule has 12 heteroatoms. The molecule has 1 aromatic rings. The van der Waals surface area contributed by atoms with Crippen molar-refractivity contribution in [2.75, 3.05) is 13.2 Å². The highest BCUT2D eigenvalue weighted by Crippen LogP contribution is 2.37. The van der Waals surface area contributed by atoms with E-state index in [2.05, 4.69) is 39.2 Å². The van der Waals surface area contributed by atoms with Crippen molar-refractivity contribution in [1.82, 2.24) is 9.62 Å². The molecule has 1 fully saturated rings. The maximum Gasteiger partial charge on any atom is 0.407 e. The second kappa shape index (κ2) is 11.2. The van der Waals surface area contributed by atoms with Crippen molar-refractivity contribution < 1.29 is 27.3 Å². The van der Waals surface area contributed by atoms with Crippen LogP contribution in [0, 0.1) is 10.1 Å². The van der Waals surface area contributed by atoms with Gasteiger partial charge in [-0.15, -0.1) is 0 Å². The fourth-order valence-corrected chi connectivity index (χ4v) is 6.73. The maximum atomic E-state index is 13.8. The van der Waals surface area contributed by atoms with Crippen molar-refractivity contribution in [3.8, 4) is 0 Å². The minimum atomic E-state index is -4.21. The van der Waals surface area contributed by atoms with E-state index in [1.165, 1.54) is 28.6 Å². The number of sulfonamides is 1. The van der Waals surface area contributed by atoms with Crippen LogP contribution in [0.15, 0.2) is 29.2 Å². The van der Waals surface area contributed by atoms with Crippen LogP contribution in [0.25, 0.3) is 0 Å². The number of rotatable bonds is 9. The number of nitrogens with zero attached hydrogens (tertiary/aromatic N) is 2. The molecule has 1 aromatic carbocycles. The number of nitro groups is 1. The predicted octanol–water partition coefficient (Wildman–Crippen LogP) is 5.05. The zero-order valence-electron chi connectivity index (χ0n) is 22.7. The topological polar surface area (TPSA) is 128 Å². The number of nitro benzene ring substituents is 1. The fraction of sp³-hybridized carbons (Fsp3) is 0.708. The Labute approximate surface area is 216 Å². The Bertz CT molecular complexity index is 1050. The first-order valence-corrected chi connectivity index (χ1v) is 16.6. The van der Waals surface area contributed by atoms with E-state index >= 15 is 0 Å². The van der Waals surface area contributed by atoms with Crippen LogP contribution in [0.4, 0.5) is 10.5 Å². The lowest BCUT2D eigenvalue weighted by molar-refractivity contribution is -0.387. The number of carbonyl (C=O) groups excluding carboxylic acids is 1. The Kier molecular flexibility index (Phi) is 9.36. The summed E-state index contributed by atoms with van der Waals surface area (Å²) in [5, 5.41) is 14.4. The second-order valence-electron chi connectivity index (χ2n) is 11.8. The van der Waals surface area contributed by atoms with Crippen LogP contribution < -0.4 is 5.32 Å². The number of benzene rings is 1. The first kappa shape index (κ1) is 30.2. The van der Waals surface area contributed by atoms with E-state index in [9.17, 15) is 23.3 Å². The Hall–Kier alpha value is -2.02. The third-order valence-electron chi connectivity index (χ3n) is 6.76. The average molecular weight is 544 g/mol. The molecule has 0 spiro atoms. The molecule has 36 heavy (non-hydrogen) atoms. The largest absolute Gasteiger partial charge is 0.444 e. The van der Waals surface area contributed by atoms with E-state index in [4.69, 9.17) is 9.16 Å². The zero-order chi connectivity index (χ0) is 27.5. The second-order valence-corrected chi connectivity index (χ2v) is 18.4. The van der Waals surface area contributed by atoms with Gasteiger partial charge in [-0.3, -0.25) is 10.1 Å². The van der Waals surface area contributed by atoms with Crippen molar-refractivity contribution in [2.45, 2.75) is 102 Å². The Morgan fingerprint density at radius 2 is 1.78 bits per heavy atom. The van der Waals surface area contributed by atoms with E-state index in [-0.39, 0.29) is 29.1 Å². The average Bonchev–Trinajstić information content (AvgIpc) is 3.16. The lowest BCUT2D eigenvalue weighted by Gasteiger charge is -2.37. The van der Waals surface area contributed by atoms with Gasteiger partial charge in [0.1, 0.15) is 5.60 Å². The van der Waals surface area contributed by atoms with Gasteiger partial charge in [-0.05, 0) is 64.2 Å². The van der Waals surface area contributed by atoms with Crippen LogP contribution in [0.3, 0.4) is 0 Å². The minimum Gasteiger partial charge on any atom is -0.444 e. The molecule has 0 saturated heterocycles. The molecule has 1 saturated carbocycles. The van der Waals surface area contributed by atoms with E-state index in [1.54, 1.807) is 20.8 Å². The van der Waals surface area contributed by atoms with Gasteiger partial charge in [0, 0.05) is 31.3 Å². The monoisotopic (exact) mass is 543 g/mol. The molecular formula is C24H41N3O7SSi. The molecule has 2 atom stereocenters. The van der Waals surface area contributed by atoms with E-state index in [1.807, 2.05) is 0 Å². The summed E-state index contributed by atoms with van der Waals surface area (Å²) in [6.07, 6.45) is 0.887. The van der Waals surface area contributed by atoms with Crippen LogP contribution in [0.2, 0.25) is 18.1 Å². The molecule has 0 aromatic heterocycles. The highest BCUT2D eigenvalue weighted by Gasteiger charge is 2.41. The van der Waals surface area contributed by atoms with Gasteiger partial charge in [-0.25, -0.2) is 13.2 Å². The molecule has 2 rings (SSSR count). The van der Waals surface area contributed by atoms with Gasteiger partial charge >= 0.3 is 6.09 Å². The molecule has 1 aliphatic rings. The van der Waals surface area contributed by atoms with Gasteiger partial charge < -0.3 is 14.5 Å². The zero-order valence-corrected chi connectivity index (χ0v) is 24.5. The number of nitrogens with one attached hydrogen (secondary N) is 1. The summed E-state index contributed by atoms with van der Waals surface area (Å²) in [4.78, 5) is 22.8. The number of carbonyl (C=O) groups is 1. The number of alkyl carbamates (subject to hydrolysis) is 1. The summed E-state index contributed by atoms with van der Waals surface area (Å²) < 4.78 is 40.5. The number of para-hydroxylation sites is 1. The summed E-state index contributed by atoms with van der Waals surface area (Å²) in [6.45, 7) is 16.0. The third-order valence-corrected chi connectivity index (χ3v) is 13.3. The fourth-order valence-electron chi connectivity index (χ4n) is 3.88. The summed E-state index contributed by atoms with van der Waals surface area (Å²) in [7, 11) is -6.35. The molecule has 1 N–H and O–H groups in total. The maximum absolute atomic E-state index is 13.8. The molecule has 0 unspecified atom stereocenters. The minimum absolute atomic E-state index is 0.0509. The molecule has 1 aliphatic carbocycles. The van der Waals surface area contributed by atoms with Gasteiger partial charge in [0.15, 0.2) is 13.2 Å². The molecule has 10 nitrogen and oxygen atoms in total. The van der Waals surface area contributed by atoms with E-state index < -0.39 is 46.7 Å². The Morgan fingerprint density at radius 3 is 2.33 bits per heavy atom. The van der Waals surface area contributed by atoms with Crippen molar-refractivity contribution >= 4 is 30.1 Å². The SMILES string of the molecule is CC(C)(C)OC(=O)N[C@H]1CC[C@@H](N(CCO[Si](C)(C)C(C)(C)C)S(=O)(=O)c2ccccc2[N+](=O)[O-])C1. The van der Waals surface area contributed by atoms with Gasteiger partial charge in [0.2, 0.25) is 10.0 Å². The molecule has 204 valence electrons. The van der Waals surface area contributed by atoms with Crippen LogP contribution in [0.5, 0.6) is 0 Å². The van der Waals surface area contributed by atoms with Crippen LogP contribution in [-0.4, -0.2) is 62.9 Å². The summed E-state index contributed by atoms with van der Waals surface area (Å²) >= 11 is 0. The normalized spacial score (nSPS) is 19.4. The highest BCUT2D eigenvalue weighted by atomic mass is 32.2. The smallest absolute Gasteiger partial charge is 0.407 e.